The van der Waals surface area contributed by atoms with E-state index < -0.39 is 43.2 Å². The molecule has 4 rings (SSSR count). The number of fused-ring (bicyclic) bond motifs is 1. The van der Waals surface area contributed by atoms with Crippen LogP contribution in [0, 0.1) is 6.92 Å². The van der Waals surface area contributed by atoms with Gasteiger partial charge in [0, 0.05) is 13.0 Å². The Balaban J connectivity index is 1.68. The molecule has 1 amide bonds. The Morgan fingerprint density at radius 1 is 1.12 bits per heavy atom. The summed E-state index contributed by atoms with van der Waals surface area (Å²) in [6.45, 7) is 2.41. The van der Waals surface area contributed by atoms with Crippen LogP contribution in [0.5, 0.6) is 5.75 Å². The van der Waals surface area contributed by atoms with Crippen molar-refractivity contribution in [2.75, 3.05) is 6.61 Å². The van der Waals surface area contributed by atoms with E-state index in [0.717, 1.165) is 5.56 Å². The Kier molecular flexibility index (Phi) is 6.48. The summed E-state index contributed by atoms with van der Waals surface area (Å²) in [5, 5.41) is 32.9. The lowest BCUT2D eigenvalue weighted by molar-refractivity contribution is -0.244. The summed E-state index contributed by atoms with van der Waals surface area (Å²) in [4.78, 5) is 24.7. The standard InChI is InChI=1S/C24H25NO8/c1-12-19(14-6-4-3-5-7-14)21(28)16-9-8-15(10-17(16)31-12)32-24-20(25-13(2)27)23(30)22(29)18(11-26)33-24/h3-10,18,20,22-24,26,29-30H,11H2,1-2H3,(H,25,27)/t18-,20-,22-,23-,24+/m1/s1. The zero-order valence-electron chi connectivity index (χ0n) is 18.1. The Hall–Kier alpha value is -3.24. The lowest BCUT2D eigenvalue weighted by Gasteiger charge is -2.42. The van der Waals surface area contributed by atoms with Crippen LogP contribution in [0.1, 0.15) is 12.7 Å². The van der Waals surface area contributed by atoms with Crippen molar-refractivity contribution in [2.24, 2.45) is 0 Å². The first kappa shape index (κ1) is 22.9. The van der Waals surface area contributed by atoms with Crippen molar-refractivity contribution < 1.29 is 34.0 Å². The predicted molar refractivity (Wildman–Crippen MR) is 119 cm³/mol. The highest BCUT2D eigenvalue weighted by Gasteiger charge is 2.46. The Morgan fingerprint density at radius 2 is 1.85 bits per heavy atom. The summed E-state index contributed by atoms with van der Waals surface area (Å²) in [6, 6.07) is 12.8. The molecule has 0 radical (unpaired) electrons. The van der Waals surface area contributed by atoms with E-state index in [4.69, 9.17) is 13.9 Å². The summed E-state index contributed by atoms with van der Waals surface area (Å²) in [6.07, 6.45) is -5.17. The molecule has 1 aromatic heterocycles. The maximum Gasteiger partial charge on any atom is 0.223 e. The van der Waals surface area contributed by atoms with E-state index in [1.807, 2.05) is 30.3 Å². The zero-order valence-corrected chi connectivity index (χ0v) is 18.1. The van der Waals surface area contributed by atoms with E-state index in [1.165, 1.54) is 13.0 Å². The van der Waals surface area contributed by atoms with Gasteiger partial charge in [0.15, 0.2) is 0 Å². The fourth-order valence-corrected chi connectivity index (χ4v) is 4.00. The van der Waals surface area contributed by atoms with Crippen molar-refractivity contribution in [3.05, 3.63) is 64.5 Å². The van der Waals surface area contributed by atoms with E-state index in [9.17, 15) is 24.9 Å². The second kappa shape index (κ2) is 9.32. The molecule has 9 heteroatoms. The van der Waals surface area contributed by atoms with E-state index in [2.05, 4.69) is 5.32 Å². The minimum atomic E-state index is -1.43. The second-order valence-electron chi connectivity index (χ2n) is 7.94. The fraction of sp³-hybridized carbons (Fsp3) is 0.333. The van der Waals surface area contributed by atoms with Gasteiger partial charge in [-0.05, 0) is 24.6 Å². The fourth-order valence-electron chi connectivity index (χ4n) is 4.00. The van der Waals surface area contributed by atoms with Crippen molar-refractivity contribution in [1.29, 1.82) is 0 Å². The van der Waals surface area contributed by atoms with Gasteiger partial charge in [0.2, 0.25) is 17.6 Å². The molecule has 5 atom stereocenters. The van der Waals surface area contributed by atoms with Gasteiger partial charge in [-0.2, -0.15) is 0 Å². The van der Waals surface area contributed by atoms with Crippen LogP contribution in [-0.4, -0.2) is 58.5 Å². The molecule has 1 saturated heterocycles. The van der Waals surface area contributed by atoms with Crippen molar-refractivity contribution >= 4 is 16.9 Å². The lowest BCUT2D eigenvalue weighted by atomic mass is 9.97. The van der Waals surface area contributed by atoms with Gasteiger partial charge in [-0.25, -0.2) is 0 Å². The molecule has 3 aromatic rings. The SMILES string of the molecule is CC(=O)N[C@H]1[C@@H](Oc2ccc3c(=O)c(-c4ccccc4)c(C)oc3c2)O[C@H](CO)[C@@H](O)[C@@H]1O. The van der Waals surface area contributed by atoms with Crippen molar-refractivity contribution in [1.82, 2.24) is 5.32 Å². The van der Waals surface area contributed by atoms with Crippen molar-refractivity contribution in [2.45, 2.75) is 44.5 Å². The number of carbonyl (C=O) groups is 1. The van der Waals surface area contributed by atoms with Crippen LogP contribution in [0.15, 0.2) is 57.7 Å². The van der Waals surface area contributed by atoms with Gasteiger partial charge in [0.25, 0.3) is 0 Å². The van der Waals surface area contributed by atoms with Crippen molar-refractivity contribution in [3.63, 3.8) is 0 Å². The number of amides is 1. The summed E-state index contributed by atoms with van der Waals surface area (Å²) in [5.74, 6) is 0.234. The maximum atomic E-state index is 13.1. The number of hydrogen-bond acceptors (Lipinski definition) is 8. The third-order valence-corrected chi connectivity index (χ3v) is 5.61. The Bertz CT molecular complexity index is 1210. The largest absolute Gasteiger partial charge is 0.462 e. The molecular weight excluding hydrogens is 430 g/mol. The molecule has 0 saturated carbocycles. The highest BCUT2D eigenvalue weighted by Crippen LogP contribution is 2.29. The molecule has 0 aliphatic carbocycles. The number of aliphatic hydroxyl groups excluding tert-OH is 3. The molecule has 1 fully saturated rings. The molecule has 0 spiro atoms. The van der Waals surface area contributed by atoms with Crippen LogP contribution in [0.3, 0.4) is 0 Å². The van der Waals surface area contributed by atoms with Crippen LogP contribution in [0.4, 0.5) is 0 Å². The average Bonchev–Trinajstić information content (AvgIpc) is 2.79. The van der Waals surface area contributed by atoms with E-state index in [0.29, 0.717) is 22.3 Å². The summed E-state index contributed by atoms with van der Waals surface area (Å²) < 4.78 is 17.3. The molecule has 2 heterocycles. The van der Waals surface area contributed by atoms with Gasteiger partial charge in [-0.1, -0.05) is 30.3 Å². The number of aryl methyl sites for hydroxylation is 1. The van der Waals surface area contributed by atoms with E-state index in [-0.39, 0.29) is 11.2 Å². The highest BCUT2D eigenvalue weighted by molar-refractivity contribution is 5.83. The molecule has 9 nitrogen and oxygen atoms in total. The van der Waals surface area contributed by atoms with E-state index >= 15 is 0 Å². The van der Waals surface area contributed by atoms with Crippen molar-refractivity contribution in [3.8, 4) is 16.9 Å². The number of rotatable bonds is 5. The van der Waals surface area contributed by atoms with Crippen LogP contribution < -0.4 is 15.5 Å². The summed E-state index contributed by atoms with van der Waals surface area (Å²) in [5.41, 5.74) is 1.33. The van der Waals surface area contributed by atoms with Crippen LogP contribution in [0.2, 0.25) is 0 Å². The maximum absolute atomic E-state index is 13.1. The molecule has 1 aliphatic rings. The number of nitrogens with one attached hydrogen (secondary N) is 1. The van der Waals surface area contributed by atoms with Gasteiger partial charge >= 0.3 is 0 Å². The Morgan fingerprint density at radius 3 is 2.52 bits per heavy atom. The predicted octanol–water partition coefficient (Wildman–Crippen LogP) is 1.09. The van der Waals surface area contributed by atoms with Gasteiger partial charge < -0.3 is 34.5 Å². The first-order valence-corrected chi connectivity index (χ1v) is 10.5. The van der Waals surface area contributed by atoms with Gasteiger partial charge in [-0.15, -0.1) is 0 Å². The first-order valence-electron chi connectivity index (χ1n) is 10.5. The van der Waals surface area contributed by atoms with Gasteiger partial charge in [0.05, 0.1) is 17.6 Å². The zero-order chi connectivity index (χ0) is 23.7. The molecule has 33 heavy (non-hydrogen) atoms. The monoisotopic (exact) mass is 455 g/mol. The number of aliphatic hydroxyl groups is 3. The molecule has 1 aliphatic heterocycles. The number of hydrogen-bond donors (Lipinski definition) is 4. The molecule has 2 aromatic carbocycles. The van der Waals surface area contributed by atoms with Crippen LogP contribution >= 0.6 is 0 Å². The summed E-state index contributed by atoms with van der Waals surface area (Å²) >= 11 is 0. The molecule has 4 N–H and O–H groups in total. The Labute approximate surface area is 189 Å². The molecule has 0 unspecified atom stereocenters. The van der Waals surface area contributed by atoms with Crippen LogP contribution in [0.25, 0.3) is 22.1 Å². The minimum absolute atomic E-state index is 0.185. The minimum Gasteiger partial charge on any atom is -0.462 e. The smallest absolute Gasteiger partial charge is 0.223 e. The van der Waals surface area contributed by atoms with Gasteiger partial charge in [-0.3, -0.25) is 9.59 Å². The number of ether oxygens (including phenoxy) is 2. The topological polar surface area (TPSA) is 138 Å². The average molecular weight is 455 g/mol. The first-order chi connectivity index (χ1) is 15.8. The van der Waals surface area contributed by atoms with Crippen LogP contribution in [-0.2, 0) is 9.53 Å². The van der Waals surface area contributed by atoms with E-state index in [1.54, 1.807) is 19.1 Å². The third-order valence-electron chi connectivity index (χ3n) is 5.61. The van der Waals surface area contributed by atoms with Gasteiger partial charge in [0.1, 0.15) is 41.4 Å². The lowest BCUT2D eigenvalue weighted by Crippen LogP contribution is -2.65. The second-order valence-corrected chi connectivity index (χ2v) is 7.94. The highest BCUT2D eigenvalue weighted by atomic mass is 16.7. The normalized spacial score (nSPS) is 25.1. The molecule has 0 bridgehead atoms. The third kappa shape index (κ3) is 4.49. The molecule has 174 valence electrons. The number of carbonyl (C=O) groups excluding carboxylic acids is 1. The summed E-state index contributed by atoms with van der Waals surface area (Å²) in [7, 11) is 0. The number of benzene rings is 2. The molecular formula is C24H25NO8. The quantitative estimate of drug-likeness (QED) is 0.449.